The lowest BCUT2D eigenvalue weighted by atomic mass is 10.1. The summed E-state index contributed by atoms with van der Waals surface area (Å²) in [6, 6.07) is 3.11. The van der Waals surface area contributed by atoms with Gasteiger partial charge in [-0.2, -0.15) is 0 Å². The van der Waals surface area contributed by atoms with E-state index in [-0.39, 0.29) is 11.7 Å². The lowest BCUT2D eigenvalue weighted by molar-refractivity contribution is -0.137. The van der Waals surface area contributed by atoms with Crippen LogP contribution in [0.1, 0.15) is 24.5 Å². The van der Waals surface area contributed by atoms with E-state index in [1.807, 2.05) is 0 Å². The predicted octanol–water partition coefficient (Wildman–Crippen LogP) is 2.73. The number of halogens is 1. The molecule has 0 N–H and O–H groups in total. The summed E-state index contributed by atoms with van der Waals surface area (Å²) in [6.45, 7) is 2.09. The Morgan fingerprint density at radius 2 is 2.22 bits per heavy atom. The van der Waals surface area contributed by atoms with E-state index in [0.717, 1.165) is 29.5 Å². The van der Waals surface area contributed by atoms with E-state index in [1.54, 1.807) is 13.0 Å². The third-order valence-electron chi connectivity index (χ3n) is 2.97. The van der Waals surface area contributed by atoms with Crippen molar-refractivity contribution in [1.29, 1.82) is 0 Å². The second-order valence-corrected chi connectivity index (χ2v) is 4.07. The van der Waals surface area contributed by atoms with Gasteiger partial charge in [-0.15, -0.1) is 0 Å². The Labute approximate surface area is 105 Å². The number of aryl methyl sites for hydroxylation is 1. The molecule has 1 aliphatic carbocycles. The summed E-state index contributed by atoms with van der Waals surface area (Å²) >= 11 is 0. The molecule has 0 atom stereocenters. The van der Waals surface area contributed by atoms with Gasteiger partial charge in [0.2, 0.25) is 0 Å². The monoisotopic (exact) mass is 250 g/mol. The Hall–Kier alpha value is -1.84. The second-order valence-electron chi connectivity index (χ2n) is 4.07. The minimum Gasteiger partial charge on any atom is -0.494 e. The van der Waals surface area contributed by atoms with Gasteiger partial charge in [0.25, 0.3) is 0 Å². The van der Waals surface area contributed by atoms with Crippen molar-refractivity contribution < 1.29 is 18.7 Å². The first kappa shape index (κ1) is 12.6. The Morgan fingerprint density at radius 1 is 1.44 bits per heavy atom. The molecule has 1 aromatic carbocycles. The van der Waals surface area contributed by atoms with Crippen LogP contribution in [-0.4, -0.2) is 19.7 Å². The van der Waals surface area contributed by atoms with Crippen molar-refractivity contribution in [2.75, 3.05) is 13.7 Å². The Morgan fingerprint density at radius 3 is 2.89 bits per heavy atom. The Balaban J connectivity index is 2.33. The number of fused-ring (bicyclic) bond motifs is 1. The summed E-state index contributed by atoms with van der Waals surface area (Å²) in [7, 11) is 1.44. The Kier molecular flexibility index (Phi) is 3.65. The Bertz CT molecular complexity index is 506. The number of carbonyl (C=O) groups is 1. The van der Waals surface area contributed by atoms with Crippen molar-refractivity contribution in [2.45, 2.75) is 19.8 Å². The molecule has 18 heavy (non-hydrogen) atoms. The maximum atomic E-state index is 13.6. The lowest BCUT2D eigenvalue weighted by Gasteiger charge is -2.06. The van der Waals surface area contributed by atoms with Crippen LogP contribution in [0.3, 0.4) is 0 Å². The molecule has 0 saturated carbocycles. The lowest BCUT2D eigenvalue weighted by Crippen LogP contribution is -2.00. The molecule has 0 radical (unpaired) electrons. The average Bonchev–Trinajstić information content (AvgIpc) is 2.71. The molecule has 1 aliphatic rings. The first-order valence-electron chi connectivity index (χ1n) is 5.89. The molecule has 96 valence electrons. The van der Waals surface area contributed by atoms with E-state index in [0.29, 0.717) is 6.61 Å². The van der Waals surface area contributed by atoms with Crippen molar-refractivity contribution in [3.8, 4) is 5.75 Å². The molecule has 2 rings (SSSR count). The third kappa shape index (κ3) is 2.37. The number of carbonyl (C=O) groups excluding carboxylic acids is 1. The van der Waals surface area contributed by atoms with E-state index < -0.39 is 5.82 Å². The fourth-order valence-electron chi connectivity index (χ4n) is 2.14. The van der Waals surface area contributed by atoms with Crippen molar-refractivity contribution in [3.05, 3.63) is 35.2 Å². The summed E-state index contributed by atoms with van der Waals surface area (Å²) in [6.07, 6.45) is 2.96. The van der Waals surface area contributed by atoms with E-state index >= 15 is 0 Å². The number of hydrogen-bond acceptors (Lipinski definition) is 3. The molecular weight excluding hydrogens is 235 g/mol. The summed E-state index contributed by atoms with van der Waals surface area (Å²) < 4.78 is 23.4. The highest BCUT2D eigenvalue weighted by Gasteiger charge is 2.20. The number of ether oxygens (including phenoxy) is 2. The summed E-state index contributed by atoms with van der Waals surface area (Å²) in [5, 5.41) is 0. The molecule has 0 fully saturated rings. The third-order valence-corrected chi connectivity index (χ3v) is 2.97. The van der Waals surface area contributed by atoms with E-state index in [1.165, 1.54) is 19.3 Å². The SMILES string of the molecule is CCOC(=O)/C=C1\CCc2cc(OC)c(F)cc21. The van der Waals surface area contributed by atoms with Crippen LogP contribution in [0.4, 0.5) is 4.39 Å². The molecule has 0 aliphatic heterocycles. The molecule has 0 spiro atoms. The molecule has 0 amide bonds. The minimum atomic E-state index is -0.409. The summed E-state index contributed by atoms with van der Waals surface area (Å²) in [5.41, 5.74) is 2.61. The number of benzene rings is 1. The van der Waals surface area contributed by atoms with Crippen molar-refractivity contribution >= 4 is 11.5 Å². The topological polar surface area (TPSA) is 35.5 Å². The molecule has 3 nitrogen and oxygen atoms in total. The quantitative estimate of drug-likeness (QED) is 0.611. The van der Waals surface area contributed by atoms with E-state index in [4.69, 9.17) is 9.47 Å². The van der Waals surface area contributed by atoms with Gasteiger partial charge in [0.05, 0.1) is 13.7 Å². The fraction of sp³-hybridized carbons (Fsp3) is 0.357. The van der Waals surface area contributed by atoms with Crippen LogP contribution in [-0.2, 0) is 16.0 Å². The van der Waals surface area contributed by atoms with Gasteiger partial charge < -0.3 is 9.47 Å². The number of methoxy groups -OCH3 is 1. The maximum absolute atomic E-state index is 13.6. The van der Waals surface area contributed by atoms with Crippen LogP contribution in [0.2, 0.25) is 0 Å². The predicted molar refractivity (Wildman–Crippen MR) is 65.9 cm³/mol. The highest BCUT2D eigenvalue weighted by atomic mass is 19.1. The highest BCUT2D eigenvalue weighted by Crippen LogP contribution is 2.35. The number of hydrogen-bond donors (Lipinski definition) is 0. The van der Waals surface area contributed by atoms with Gasteiger partial charge in [0, 0.05) is 6.08 Å². The zero-order valence-electron chi connectivity index (χ0n) is 10.5. The molecule has 0 bridgehead atoms. The van der Waals surface area contributed by atoms with Gasteiger partial charge in [-0.25, -0.2) is 9.18 Å². The van der Waals surface area contributed by atoms with Gasteiger partial charge >= 0.3 is 5.97 Å². The van der Waals surface area contributed by atoms with Crippen molar-refractivity contribution in [1.82, 2.24) is 0 Å². The van der Waals surface area contributed by atoms with Gasteiger partial charge in [0.1, 0.15) is 0 Å². The van der Waals surface area contributed by atoms with Crippen LogP contribution >= 0.6 is 0 Å². The summed E-state index contributed by atoms with van der Waals surface area (Å²) in [5.74, 6) is -0.546. The summed E-state index contributed by atoms with van der Waals surface area (Å²) in [4.78, 5) is 11.4. The maximum Gasteiger partial charge on any atom is 0.331 e. The highest BCUT2D eigenvalue weighted by molar-refractivity contribution is 5.93. The molecule has 4 heteroatoms. The largest absolute Gasteiger partial charge is 0.494 e. The van der Waals surface area contributed by atoms with Crippen LogP contribution in [0.5, 0.6) is 5.75 Å². The van der Waals surface area contributed by atoms with Crippen LogP contribution in [0.15, 0.2) is 18.2 Å². The van der Waals surface area contributed by atoms with Crippen LogP contribution < -0.4 is 4.74 Å². The zero-order valence-corrected chi connectivity index (χ0v) is 10.5. The standard InChI is InChI=1S/C14H15FO3/c1-3-18-14(16)7-10-5-4-9-6-13(17-2)12(15)8-11(9)10/h6-8H,3-5H2,1-2H3/b10-7+. The second kappa shape index (κ2) is 5.21. The molecule has 0 heterocycles. The zero-order chi connectivity index (χ0) is 13.1. The van der Waals surface area contributed by atoms with E-state index in [9.17, 15) is 9.18 Å². The van der Waals surface area contributed by atoms with E-state index in [2.05, 4.69) is 0 Å². The van der Waals surface area contributed by atoms with Gasteiger partial charge in [-0.1, -0.05) is 0 Å². The molecular formula is C14H15FO3. The number of rotatable bonds is 3. The van der Waals surface area contributed by atoms with Gasteiger partial charge in [-0.3, -0.25) is 0 Å². The minimum absolute atomic E-state index is 0.242. The molecule has 0 aromatic heterocycles. The number of esters is 1. The molecule has 1 aromatic rings. The first-order valence-corrected chi connectivity index (χ1v) is 5.89. The number of allylic oxidation sites excluding steroid dienone is 1. The average molecular weight is 250 g/mol. The van der Waals surface area contributed by atoms with Gasteiger partial charge in [-0.05, 0) is 48.6 Å². The normalized spacial score (nSPS) is 15.6. The first-order chi connectivity index (χ1) is 8.65. The molecule has 0 saturated heterocycles. The van der Waals surface area contributed by atoms with Crippen molar-refractivity contribution in [3.63, 3.8) is 0 Å². The van der Waals surface area contributed by atoms with Crippen LogP contribution in [0.25, 0.3) is 5.57 Å². The molecule has 0 unspecified atom stereocenters. The van der Waals surface area contributed by atoms with Crippen molar-refractivity contribution in [2.24, 2.45) is 0 Å². The smallest absolute Gasteiger partial charge is 0.331 e. The fourth-order valence-corrected chi connectivity index (χ4v) is 2.14. The van der Waals surface area contributed by atoms with Gasteiger partial charge in [0.15, 0.2) is 11.6 Å². The van der Waals surface area contributed by atoms with Crippen LogP contribution in [0, 0.1) is 5.82 Å².